The standard InChI is InChI=1S/C12H12N4O2/c17-10-4-2-1-3-8(10)12-15-11(16-18-12)9-5-6-13-7-14-9/h5-8H,1-4H2. The molecule has 0 aromatic carbocycles. The van der Waals surface area contributed by atoms with Gasteiger partial charge in [-0.2, -0.15) is 4.98 Å². The van der Waals surface area contributed by atoms with E-state index in [2.05, 4.69) is 20.1 Å². The minimum absolute atomic E-state index is 0.194. The maximum atomic E-state index is 11.8. The molecule has 6 nitrogen and oxygen atoms in total. The van der Waals surface area contributed by atoms with Crippen molar-refractivity contribution in [2.75, 3.05) is 0 Å². The van der Waals surface area contributed by atoms with Crippen LogP contribution in [0.15, 0.2) is 23.1 Å². The highest BCUT2D eigenvalue weighted by atomic mass is 16.5. The second-order valence-electron chi connectivity index (χ2n) is 4.32. The molecule has 0 radical (unpaired) electrons. The first-order valence-corrected chi connectivity index (χ1v) is 5.97. The Hall–Kier alpha value is -2.11. The lowest BCUT2D eigenvalue weighted by Crippen LogP contribution is -2.17. The van der Waals surface area contributed by atoms with Gasteiger partial charge < -0.3 is 4.52 Å². The van der Waals surface area contributed by atoms with E-state index in [1.54, 1.807) is 12.3 Å². The van der Waals surface area contributed by atoms with Crippen LogP contribution in [0, 0.1) is 0 Å². The number of Topliss-reactive ketones (excluding diaryl/α,β-unsaturated/α-hetero) is 1. The second-order valence-corrected chi connectivity index (χ2v) is 4.32. The Morgan fingerprint density at radius 2 is 2.28 bits per heavy atom. The van der Waals surface area contributed by atoms with E-state index in [0.29, 0.717) is 23.8 Å². The molecule has 0 saturated heterocycles. The van der Waals surface area contributed by atoms with E-state index in [-0.39, 0.29) is 11.7 Å². The van der Waals surface area contributed by atoms with Gasteiger partial charge in [-0.3, -0.25) is 4.79 Å². The molecule has 1 saturated carbocycles. The number of hydrogen-bond acceptors (Lipinski definition) is 6. The topological polar surface area (TPSA) is 81.8 Å². The van der Waals surface area contributed by atoms with Crippen LogP contribution in [0.1, 0.15) is 37.5 Å². The van der Waals surface area contributed by atoms with Gasteiger partial charge in [0.2, 0.25) is 11.7 Å². The van der Waals surface area contributed by atoms with E-state index >= 15 is 0 Å². The van der Waals surface area contributed by atoms with Gasteiger partial charge >= 0.3 is 0 Å². The molecule has 18 heavy (non-hydrogen) atoms. The summed E-state index contributed by atoms with van der Waals surface area (Å²) in [6.45, 7) is 0. The Morgan fingerprint density at radius 1 is 1.33 bits per heavy atom. The molecule has 92 valence electrons. The fraction of sp³-hybridized carbons (Fsp3) is 0.417. The van der Waals surface area contributed by atoms with Gasteiger partial charge in [-0.1, -0.05) is 11.6 Å². The minimum atomic E-state index is -0.234. The van der Waals surface area contributed by atoms with Crippen LogP contribution in [0.3, 0.4) is 0 Å². The summed E-state index contributed by atoms with van der Waals surface area (Å²) in [6.07, 6.45) is 6.44. The average molecular weight is 244 g/mol. The molecule has 0 spiro atoms. The van der Waals surface area contributed by atoms with E-state index in [4.69, 9.17) is 4.52 Å². The van der Waals surface area contributed by atoms with Gasteiger partial charge in [-0.15, -0.1) is 0 Å². The SMILES string of the molecule is O=C1CCCCC1c1nc(-c2ccncn2)no1. The fourth-order valence-electron chi connectivity index (χ4n) is 2.15. The molecule has 6 heteroatoms. The molecule has 0 amide bonds. The molecule has 2 aromatic rings. The zero-order valence-corrected chi connectivity index (χ0v) is 9.74. The van der Waals surface area contributed by atoms with Crippen LogP contribution in [0.5, 0.6) is 0 Å². The molecular weight excluding hydrogens is 232 g/mol. The third-order valence-electron chi connectivity index (χ3n) is 3.11. The number of hydrogen-bond donors (Lipinski definition) is 0. The molecule has 2 aromatic heterocycles. The van der Waals surface area contributed by atoms with E-state index < -0.39 is 0 Å². The summed E-state index contributed by atoms with van der Waals surface area (Å²) in [5, 5.41) is 3.87. The third-order valence-corrected chi connectivity index (χ3v) is 3.11. The van der Waals surface area contributed by atoms with Crippen molar-refractivity contribution in [2.24, 2.45) is 0 Å². The first-order chi connectivity index (χ1) is 8.84. The summed E-state index contributed by atoms with van der Waals surface area (Å²) < 4.78 is 5.19. The molecule has 3 rings (SSSR count). The molecule has 0 bridgehead atoms. The third kappa shape index (κ3) is 2.01. The van der Waals surface area contributed by atoms with Gasteiger partial charge in [0.25, 0.3) is 0 Å². The predicted molar refractivity (Wildman–Crippen MR) is 61.5 cm³/mol. The van der Waals surface area contributed by atoms with Crippen LogP contribution in [0.2, 0.25) is 0 Å². The quantitative estimate of drug-likeness (QED) is 0.800. The molecule has 1 aliphatic rings. The van der Waals surface area contributed by atoms with E-state index in [9.17, 15) is 4.79 Å². The van der Waals surface area contributed by atoms with Gasteiger partial charge in [-0.05, 0) is 18.9 Å². The molecule has 1 atom stereocenters. The number of ketones is 1. The van der Waals surface area contributed by atoms with Crippen LogP contribution < -0.4 is 0 Å². The zero-order chi connectivity index (χ0) is 12.4. The molecule has 1 fully saturated rings. The van der Waals surface area contributed by atoms with E-state index in [1.165, 1.54) is 6.33 Å². The first-order valence-electron chi connectivity index (χ1n) is 5.97. The molecule has 0 aliphatic heterocycles. The van der Waals surface area contributed by atoms with Crippen LogP contribution >= 0.6 is 0 Å². The largest absolute Gasteiger partial charge is 0.338 e. The highest BCUT2D eigenvalue weighted by molar-refractivity contribution is 5.85. The van der Waals surface area contributed by atoms with Crippen molar-refractivity contribution in [3.8, 4) is 11.5 Å². The summed E-state index contributed by atoms with van der Waals surface area (Å²) in [4.78, 5) is 23.9. The lowest BCUT2D eigenvalue weighted by atomic mass is 9.88. The van der Waals surface area contributed by atoms with Crippen molar-refractivity contribution < 1.29 is 9.32 Å². The van der Waals surface area contributed by atoms with Gasteiger partial charge in [0, 0.05) is 12.6 Å². The van der Waals surface area contributed by atoms with E-state index in [1.807, 2.05) is 0 Å². The molecule has 1 unspecified atom stereocenters. The number of nitrogens with zero attached hydrogens (tertiary/aromatic N) is 4. The number of aromatic nitrogens is 4. The van der Waals surface area contributed by atoms with Crippen molar-refractivity contribution in [2.45, 2.75) is 31.6 Å². The Bertz CT molecular complexity index is 552. The monoisotopic (exact) mass is 244 g/mol. The summed E-state index contributed by atoms with van der Waals surface area (Å²) >= 11 is 0. The van der Waals surface area contributed by atoms with Crippen molar-refractivity contribution in [3.05, 3.63) is 24.5 Å². The zero-order valence-electron chi connectivity index (χ0n) is 9.74. The summed E-state index contributed by atoms with van der Waals surface area (Å²) in [5.74, 6) is 0.778. The molecular formula is C12H12N4O2. The van der Waals surface area contributed by atoms with Gasteiger partial charge in [0.1, 0.15) is 17.8 Å². The summed E-state index contributed by atoms with van der Waals surface area (Å²) in [7, 11) is 0. The summed E-state index contributed by atoms with van der Waals surface area (Å²) in [5.41, 5.74) is 0.600. The predicted octanol–water partition coefficient (Wildman–Crippen LogP) is 1.75. The lowest BCUT2D eigenvalue weighted by molar-refractivity contribution is -0.122. The van der Waals surface area contributed by atoms with Gasteiger partial charge in [0.15, 0.2) is 0 Å². The summed E-state index contributed by atoms with van der Waals surface area (Å²) in [6, 6.07) is 1.71. The van der Waals surface area contributed by atoms with E-state index in [0.717, 1.165) is 19.3 Å². The average Bonchev–Trinajstić information content (AvgIpc) is 2.90. The Kier molecular flexibility index (Phi) is 2.84. The van der Waals surface area contributed by atoms with Crippen molar-refractivity contribution >= 4 is 5.78 Å². The Morgan fingerprint density at radius 3 is 3.06 bits per heavy atom. The highest BCUT2D eigenvalue weighted by Crippen LogP contribution is 2.29. The maximum Gasteiger partial charge on any atom is 0.237 e. The lowest BCUT2D eigenvalue weighted by Gasteiger charge is -2.16. The highest BCUT2D eigenvalue weighted by Gasteiger charge is 2.29. The van der Waals surface area contributed by atoms with Crippen molar-refractivity contribution in [1.29, 1.82) is 0 Å². The number of carbonyl (C=O) groups is 1. The molecule has 1 aliphatic carbocycles. The smallest absolute Gasteiger partial charge is 0.237 e. The van der Waals surface area contributed by atoms with Crippen LogP contribution in [0.4, 0.5) is 0 Å². The van der Waals surface area contributed by atoms with Crippen molar-refractivity contribution in [3.63, 3.8) is 0 Å². The molecule has 0 N–H and O–H groups in total. The first kappa shape index (κ1) is 11.0. The number of rotatable bonds is 2. The van der Waals surface area contributed by atoms with Crippen molar-refractivity contribution in [1.82, 2.24) is 20.1 Å². The Balaban J connectivity index is 1.87. The number of carbonyl (C=O) groups excluding carboxylic acids is 1. The maximum absolute atomic E-state index is 11.8. The minimum Gasteiger partial charge on any atom is -0.338 e. The van der Waals surface area contributed by atoms with Crippen LogP contribution in [0.25, 0.3) is 11.5 Å². The van der Waals surface area contributed by atoms with Crippen LogP contribution in [-0.2, 0) is 4.79 Å². The van der Waals surface area contributed by atoms with Crippen LogP contribution in [-0.4, -0.2) is 25.9 Å². The fourth-order valence-corrected chi connectivity index (χ4v) is 2.15. The van der Waals surface area contributed by atoms with Gasteiger partial charge in [-0.25, -0.2) is 9.97 Å². The normalized spacial score (nSPS) is 20.0. The Labute approximate surface area is 103 Å². The molecule has 2 heterocycles. The second kappa shape index (κ2) is 4.64. The van der Waals surface area contributed by atoms with Gasteiger partial charge in [0.05, 0.1) is 5.92 Å².